The lowest BCUT2D eigenvalue weighted by molar-refractivity contribution is -0.0861. The molecular formula is C27H37ClN2O4. The maximum Gasteiger partial charge on any atom is 0.120 e. The Hall–Kier alpha value is -1.99. The van der Waals surface area contributed by atoms with E-state index in [-0.39, 0.29) is 6.61 Å². The number of ether oxygens (including phenoxy) is 2. The van der Waals surface area contributed by atoms with E-state index < -0.39 is 11.2 Å². The van der Waals surface area contributed by atoms with Gasteiger partial charge in [0.15, 0.2) is 0 Å². The molecule has 2 N–H and O–H groups in total. The average molecular weight is 489 g/mol. The number of hydrogen-bond donors (Lipinski definition) is 2. The Kier molecular flexibility index (Phi) is 7.63. The third-order valence-electron chi connectivity index (χ3n) is 7.20. The minimum absolute atomic E-state index is 0.230. The van der Waals surface area contributed by atoms with Gasteiger partial charge in [-0.2, -0.15) is 0 Å². The maximum atomic E-state index is 11.3. The Morgan fingerprint density at radius 1 is 0.912 bits per heavy atom. The van der Waals surface area contributed by atoms with E-state index in [9.17, 15) is 10.2 Å². The van der Waals surface area contributed by atoms with Crippen LogP contribution in [0.15, 0.2) is 36.4 Å². The quantitative estimate of drug-likeness (QED) is 0.609. The van der Waals surface area contributed by atoms with Crippen molar-refractivity contribution in [2.45, 2.75) is 50.7 Å². The number of β-amino-alcohol motifs (C(OH)–C–C–N with tert-alkyl or cyclic N) is 2. The molecule has 34 heavy (non-hydrogen) atoms. The van der Waals surface area contributed by atoms with Crippen LogP contribution in [-0.4, -0.2) is 72.8 Å². The molecule has 4 rings (SSSR count). The van der Waals surface area contributed by atoms with Crippen LogP contribution in [0.2, 0.25) is 5.02 Å². The molecule has 2 heterocycles. The first-order valence-corrected chi connectivity index (χ1v) is 12.5. The molecule has 0 aliphatic carbocycles. The number of anilines is 1. The topological polar surface area (TPSA) is 65.4 Å². The second-order valence-electron chi connectivity index (χ2n) is 10.1. The van der Waals surface area contributed by atoms with Crippen LogP contribution in [0.3, 0.4) is 0 Å². The second kappa shape index (κ2) is 10.3. The Balaban J connectivity index is 1.30. The summed E-state index contributed by atoms with van der Waals surface area (Å²) in [6, 6.07) is 11.9. The molecule has 7 heteroatoms. The average Bonchev–Trinajstić information content (AvgIpc) is 2.81. The summed E-state index contributed by atoms with van der Waals surface area (Å²) in [5, 5.41) is 23.3. The van der Waals surface area contributed by atoms with Crippen LogP contribution < -0.4 is 14.4 Å². The van der Waals surface area contributed by atoms with E-state index in [2.05, 4.69) is 21.9 Å². The highest BCUT2D eigenvalue weighted by atomic mass is 35.5. The van der Waals surface area contributed by atoms with Gasteiger partial charge >= 0.3 is 0 Å². The normalized spacial score (nSPS) is 23.1. The van der Waals surface area contributed by atoms with Crippen molar-refractivity contribution in [3.63, 3.8) is 0 Å². The summed E-state index contributed by atoms with van der Waals surface area (Å²) in [5.74, 6) is 1.58. The maximum absolute atomic E-state index is 11.3. The molecule has 2 aliphatic rings. The molecule has 2 saturated heterocycles. The fourth-order valence-electron chi connectivity index (χ4n) is 5.21. The van der Waals surface area contributed by atoms with Gasteiger partial charge in [0.2, 0.25) is 0 Å². The number of nitrogens with zero attached hydrogens (tertiary/aromatic N) is 2. The van der Waals surface area contributed by atoms with Crippen LogP contribution in [0.4, 0.5) is 5.69 Å². The number of likely N-dealkylation sites (tertiary alicyclic amines) is 1. The summed E-state index contributed by atoms with van der Waals surface area (Å²) in [7, 11) is 1.67. The van der Waals surface area contributed by atoms with Crippen LogP contribution in [0.1, 0.15) is 36.8 Å². The van der Waals surface area contributed by atoms with E-state index in [1.165, 1.54) is 0 Å². The fraction of sp³-hybridized carbons (Fsp3) is 0.556. The van der Waals surface area contributed by atoms with Crippen molar-refractivity contribution >= 4 is 17.3 Å². The minimum Gasteiger partial charge on any atom is -0.497 e. The first-order chi connectivity index (χ1) is 16.2. The van der Waals surface area contributed by atoms with Gasteiger partial charge in [-0.3, -0.25) is 4.90 Å². The lowest BCUT2D eigenvalue weighted by Crippen LogP contribution is -2.57. The molecular weight excluding hydrogens is 452 g/mol. The minimum atomic E-state index is -0.931. The molecule has 0 bridgehead atoms. The third-order valence-corrected chi connectivity index (χ3v) is 7.80. The Labute approximate surface area is 208 Å². The van der Waals surface area contributed by atoms with E-state index in [1.54, 1.807) is 7.11 Å². The largest absolute Gasteiger partial charge is 0.497 e. The Morgan fingerprint density at radius 2 is 1.56 bits per heavy atom. The van der Waals surface area contributed by atoms with Gasteiger partial charge in [-0.05, 0) is 93.6 Å². The SMILES string of the molecule is COc1ccc(N2CCC(O)(CN3CCC[C@](O)(COc4cc(C)c(Cl)c(C)c4)C3)CC2)cc1. The molecule has 6 nitrogen and oxygen atoms in total. The first kappa shape index (κ1) is 25.1. The second-order valence-corrected chi connectivity index (χ2v) is 10.5. The number of rotatable bonds is 7. The first-order valence-electron chi connectivity index (χ1n) is 12.1. The number of methoxy groups -OCH3 is 1. The van der Waals surface area contributed by atoms with Gasteiger partial charge in [0.1, 0.15) is 23.7 Å². The highest BCUT2D eigenvalue weighted by Gasteiger charge is 2.39. The van der Waals surface area contributed by atoms with Crippen molar-refractivity contribution in [3.05, 3.63) is 52.5 Å². The van der Waals surface area contributed by atoms with Gasteiger partial charge in [0.25, 0.3) is 0 Å². The van der Waals surface area contributed by atoms with Gasteiger partial charge in [-0.1, -0.05) is 11.6 Å². The molecule has 0 unspecified atom stereocenters. The lowest BCUT2D eigenvalue weighted by Gasteiger charge is -2.45. The van der Waals surface area contributed by atoms with Crippen molar-refractivity contribution in [2.75, 3.05) is 51.3 Å². The van der Waals surface area contributed by atoms with Gasteiger partial charge < -0.3 is 24.6 Å². The zero-order valence-electron chi connectivity index (χ0n) is 20.5. The van der Waals surface area contributed by atoms with E-state index in [0.717, 1.165) is 59.4 Å². The van der Waals surface area contributed by atoms with E-state index >= 15 is 0 Å². The number of aliphatic hydroxyl groups is 2. The van der Waals surface area contributed by atoms with Crippen molar-refractivity contribution in [1.82, 2.24) is 4.90 Å². The smallest absolute Gasteiger partial charge is 0.120 e. The van der Waals surface area contributed by atoms with Crippen molar-refractivity contribution in [2.24, 2.45) is 0 Å². The van der Waals surface area contributed by atoms with Crippen molar-refractivity contribution in [1.29, 1.82) is 0 Å². The summed E-state index contributed by atoms with van der Waals surface area (Å²) in [6.07, 6.45) is 2.98. The van der Waals surface area contributed by atoms with Gasteiger partial charge in [0, 0.05) is 36.9 Å². The highest BCUT2D eigenvalue weighted by molar-refractivity contribution is 6.32. The number of benzene rings is 2. The van der Waals surface area contributed by atoms with Gasteiger partial charge in [0.05, 0.1) is 12.7 Å². The van der Waals surface area contributed by atoms with E-state index in [4.69, 9.17) is 21.1 Å². The summed E-state index contributed by atoms with van der Waals surface area (Å²) < 4.78 is 11.2. The van der Waals surface area contributed by atoms with E-state index in [0.29, 0.717) is 32.4 Å². The number of hydrogen-bond acceptors (Lipinski definition) is 6. The fourth-order valence-corrected chi connectivity index (χ4v) is 5.32. The summed E-state index contributed by atoms with van der Waals surface area (Å²) >= 11 is 6.26. The molecule has 2 aromatic rings. The molecule has 2 fully saturated rings. The lowest BCUT2D eigenvalue weighted by atomic mass is 9.87. The highest BCUT2D eigenvalue weighted by Crippen LogP contribution is 2.31. The predicted molar refractivity (Wildman–Crippen MR) is 136 cm³/mol. The molecule has 0 spiro atoms. The molecule has 186 valence electrons. The van der Waals surface area contributed by atoms with Crippen molar-refractivity contribution in [3.8, 4) is 11.5 Å². The van der Waals surface area contributed by atoms with Crippen LogP contribution in [0.25, 0.3) is 0 Å². The molecule has 1 atom stereocenters. The Morgan fingerprint density at radius 3 is 2.18 bits per heavy atom. The predicted octanol–water partition coefficient (Wildman–Crippen LogP) is 4.20. The molecule has 0 saturated carbocycles. The zero-order valence-corrected chi connectivity index (χ0v) is 21.3. The number of piperidine rings is 2. The molecule has 0 amide bonds. The van der Waals surface area contributed by atoms with Crippen LogP contribution in [0.5, 0.6) is 11.5 Å². The standard InChI is InChI=1S/C27H37ClN2O4/c1-20-15-24(16-21(2)25(20)28)34-19-27(32)9-4-12-29(18-27)17-26(31)10-13-30(14-11-26)22-5-7-23(33-3)8-6-22/h5-8,15-16,31-32H,4,9-14,17-19H2,1-3H3/t27-/m1/s1. The van der Waals surface area contributed by atoms with Crippen LogP contribution >= 0.6 is 11.6 Å². The summed E-state index contributed by atoms with van der Waals surface area (Å²) in [5.41, 5.74) is 1.42. The molecule has 2 aliphatic heterocycles. The number of aryl methyl sites for hydroxylation is 2. The van der Waals surface area contributed by atoms with Crippen molar-refractivity contribution < 1.29 is 19.7 Å². The third kappa shape index (κ3) is 5.98. The van der Waals surface area contributed by atoms with Crippen LogP contribution in [-0.2, 0) is 0 Å². The van der Waals surface area contributed by atoms with Gasteiger partial charge in [-0.25, -0.2) is 0 Å². The Bertz CT molecular complexity index is 952. The van der Waals surface area contributed by atoms with Crippen LogP contribution in [0, 0.1) is 13.8 Å². The number of halogens is 1. The summed E-state index contributed by atoms with van der Waals surface area (Å²) in [4.78, 5) is 4.51. The monoisotopic (exact) mass is 488 g/mol. The molecule has 0 aromatic heterocycles. The molecule has 2 aromatic carbocycles. The zero-order chi connectivity index (χ0) is 24.3. The summed E-state index contributed by atoms with van der Waals surface area (Å²) in [6.45, 7) is 7.71. The van der Waals surface area contributed by atoms with E-state index in [1.807, 2.05) is 38.1 Å². The van der Waals surface area contributed by atoms with Gasteiger partial charge in [-0.15, -0.1) is 0 Å². The molecule has 0 radical (unpaired) electrons.